The number of benzene rings is 1. The number of hydrogen-bond donors (Lipinski definition) is 2. The zero-order chi connectivity index (χ0) is 13.5. The number of fused-ring (bicyclic) bond motifs is 1. The summed E-state index contributed by atoms with van der Waals surface area (Å²) in [7, 11) is 0. The third-order valence-electron chi connectivity index (χ3n) is 4.38. The van der Waals surface area contributed by atoms with Gasteiger partial charge in [-0.05, 0) is 50.1 Å². The number of carbonyl (C=O) groups is 1. The Morgan fingerprint density at radius 3 is 2.79 bits per heavy atom. The van der Waals surface area contributed by atoms with Crippen molar-refractivity contribution in [3.05, 3.63) is 28.7 Å². The molecule has 2 saturated heterocycles. The molecule has 2 aliphatic heterocycles. The zero-order valence-corrected chi connectivity index (χ0v) is 12.3. The van der Waals surface area contributed by atoms with E-state index in [9.17, 15) is 4.79 Å². The summed E-state index contributed by atoms with van der Waals surface area (Å²) in [6.07, 6.45) is 3.00. The fraction of sp³-hybridized carbons (Fsp3) is 0.500. The van der Waals surface area contributed by atoms with Gasteiger partial charge >= 0.3 is 0 Å². The fourth-order valence-electron chi connectivity index (χ4n) is 3.42. The summed E-state index contributed by atoms with van der Waals surface area (Å²) in [5, 5.41) is 3.42. The van der Waals surface area contributed by atoms with Gasteiger partial charge in [0, 0.05) is 22.7 Å². The van der Waals surface area contributed by atoms with Crippen LogP contribution in [0, 0.1) is 0 Å². The second-order valence-corrected chi connectivity index (χ2v) is 6.33. The minimum absolute atomic E-state index is 0.232. The number of hydrogen-bond acceptors (Lipinski definition) is 3. The van der Waals surface area contributed by atoms with Crippen LogP contribution in [0.25, 0.3) is 0 Å². The van der Waals surface area contributed by atoms with Crippen LogP contribution in [0.4, 0.5) is 5.69 Å². The molecule has 1 aromatic carbocycles. The van der Waals surface area contributed by atoms with Crippen molar-refractivity contribution in [2.45, 2.75) is 30.8 Å². The Balaban J connectivity index is 1.89. The Bertz CT molecular complexity index is 490. The molecular formula is C14H18BrN3O. The molecule has 0 aromatic heterocycles. The van der Waals surface area contributed by atoms with Gasteiger partial charge in [-0.2, -0.15) is 0 Å². The van der Waals surface area contributed by atoms with Gasteiger partial charge in [-0.1, -0.05) is 15.9 Å². The first-order valence-electron chi connectivity index (χ1n) is 6.69. The smallest absolute Gasteiger partial charge is 0.244 e. The minimum atomic E-state index is -0.607. The van der Waals surface area contributed by atoms with Crippen LogP contribution in [0.5, 0.6) is 0 Å². The highest BCUT2D eigenvalue weighted by Crippen LogP contribution is 2.38. The molecule has 19 heavy (non-hydrogen) atoms. The van der Waals surface area contributed by atoms with Gasteiger partial charge in [0.25, 0.3) is 0 Å². The number of rotatable bonds is 3. The van der Waals surface area contributed by atoms with Crippen molar-refractivity contribution in [3.8, 4) is 0 Å². The molecule has 2 fully saturated rings. The van der Waals surface area contributed by atoms with Crippen molar-refractivity contribution in [1.29, 1.82) is 0 Å². The molecule has 3 rings (SSSR count). The third kappa shape index (κ3) is 2.15. The monoisotopic (exact) mass is 323 g/mol. The van der Waals surface area contributed by atoms with E-state index in [1.165, 1.54) is 0 Å². The van der Waals surface area contributed by atoms with Gasteiger partial charge < -0.3 is 11.1 Å². The van der Waals surface area contributed by atoms with Gasteiger partial charge in [0.2, 0.25) is 5.91 Å². The van der Waals surface area contributed by atoms with Crippen molar-refractivity contribution in [2.24, 2.45) is 5.73 Å². The average molecular weight is 324 g/mol. The molecule has 102 valence electrons. The first-order chi connectivity index (χ1) is 9.12. The van der Waals surface area contributed by atoms with Gasteiger partial charge in [0.1, 0.15) is 5.54 Å². The number of nitrogens with one attached hydrogen (secondary N) is 1. The molecular weight excluding hydrogens is 306 g/mol. The fourth-order valence-corrected chi connectivity index (χ4v) is 3.69. The molecule has 0 aliphatic carbocycles. The van der Waals surface area contributed by atoms with E-state index in [0.29, 0.717) is 0 Å². The van der Waals surface area contributed by atoms with Crippen LogP contribution in [-0.4, -0.2) is 35.5 Å². The largest absolute Gasteiger partial charge is 0.370 e. The van der Waals surface area contributed by atoms with E-state index in [1.54, 1.807) is 0 Å². The summed E-state index contributed by atoms with van der Waals surface area (Å²) in [4.78, 5) is 14.4. The molecule has 3 N–H and O–H groups in total. The molecule has 2 heterocycles. The van der Waals surface area contributed by atoms with Crippen LogP contribution in [0.1, 0.15) is 19.3 Å². The Morgan fingerprint density at radius 2 is 2.11 bits per heavy atom. The maximum absolute atomic E-state index is 12.1. The number of primary amides is 1. The third-order valence-corrected chi connectivity index (χ3v) is 4.91. The van der Waals surface area contributed by atoms with E-state index in [4.69, 9.17) is 5.73 Å². The van der Waals surface area contributed by atoms with Crippen molar-refractivity contribution < 1.29 is 4.79 Å². The van der Waals surface area contributed by atoms with Crippen LogP contribution >= 0.6 is 15.9 Å². The summed E-state index contributed by atoms with van der Waals surface area (Å²) in [6, 6.07) is 8.14. The second-order valence-electron chi connectivity index (χ2n) is 5.41. The second kappa shape index (κ2) is 4.80. The van der Waals surface area contributed by atoms with Gasteiger partial charge in [0.05, 0.1) is 0 Å². The first kappa shape index (κ1) is 12.9. The van der Waals surface area contributed by atoms with Crippen LogP contribution < -0.4 is 11.1 Å². The number of nitrogens with zero attached hydrogens (tertiary/aromatic N) is 1. The molecule has 5 heteroatoms. The highest BCUT2D eigenvalue weighted by atomic mass is 79.9. The SMILES string of the molecule is NC(=O)C1(Nc2ccc(Br)cc2)CCN2CCCC21. The summed E-state index contributed by atoms with van der Waals surface area (Å²) < 4.78 is 1.03. The minimum Gasteiger partial charge on any atom is -0.370 e. The lowest BCUT2D eigenvalue weighted by molar-refractivity contribution is -0.122. The van der Waals surface area contributed by atoms with Crippen molar-refractivity contribution in [3.63, 3.8) is 0 Å². The van der Waals surface area contributed by atoms with E-state index >= 15 is 0 Å². The number of halogens is 1. The van der Waals surface area contributed by atoms with Gasteiger partial charge in [-0.25, -0.2) is 0 Å². The molecule has 1 amide bonds. The topological polar surface area (TPSA) is 58.4 Å². The maximum Gasteiger partial charge on any atom is 0.244 e. The number of anilines is 1. The standard InChI is InChI=1S/C14H18BrN3O/c15-10-3-5-11(6-4-10)17-14(13(16)19)7-9-18-8-1-2-12(14)18/h3-6,12,17H,1-2,7-9H2,(H2,16,19). The van der Waals surface area contributed by atoms with E-state index in [1.807, 2.05) is 24.3 Å². The van der Waals surface area contributed by atoms with Crippen molar-refractivity contribution in [2.75, 3.05) is 18.4 Å². The molecule has 4 nitrogen and oxygen atoms in total. The lowest BCUT2D eigenvalue weighted by Crippen LogP contribution is -2.57. The molecule has 0 radical (unpaired) electrons. The highest BCUT2D eigenvalue weighted by molar-refractivity contribution is 9.10. The normalized spacial score (nSPS) is 30.3. The van der Waals surface area contributed by atoms with Crippen LogP contribution in [0.2, 0.25) is 0 Å². The van der Waals surface area contributed by atoms with Gasteiger partial charge in [-0.15, -0.1) is 0 Å². The van der Waals surface area contributed by atoms with E-state index in [-0.39, 0.29) is 11.9 Å². The Morgan fingerprint density at radius 1 is 1.37 bits per heavy atom. The van der Waals surface area contributed by atoms with E-state index < -0.39 is 5.54 Å². The predicted octanol–water partition coefficient (Wildman–Crippen LogP) is 1.95. The van der Waals surface area contributed by atoms with Gasteiger partial charge in [-0.3, -0.25) is 9.69 Å². The van der Waals surface area contributed by atoms with Crippen molar-refractivity contribution in [1.82, 2.24) is 4.90 Å². The Labute approximate surface area is 121 Å². The molecule has 0 spiro atoms. The quantitative estimate of drug-likeness (QED) is 0.893. The summed E-state index contributed by atoms with van der Waals surface area (Å²) in [5.74, 6) is -0.232. The lowest BCUT2D eigenvalue weighted by Gasteiger charge is -2.34. The van der Waals surface area contributed by atoms with E-state index in [2.05, 4.69) is 26.1 Å². The summed E-state index contributed by atoms with van der Waals surface area (Å²) in [5.41, 5.74) is 6.08. The average Bonchev–Trinajstić information content (AvgIpc) is 2.96. The van der Waals surface area contributed by atoms with Crippen molar-refractivity contribution >= 4 is 27.5 Å². The highest BCUT2D eigenvalue weighted by Gasteiger charge is 2.53. The van der Waals surface area contributed by atoms with Gasteiger partial charge in [0.15, 0.2) is 0 Å². The molecule has 2 aliphatic rings. The summed E-state index contributed by atoms with van der Waals surface area (Å²) >= 11 is 3.42. The van der Waals surface area contributed by atoms with Crippen LogP contribution in [0.15, 0.2) is 28.7 Å². The maximum atomic E-state index is 12.1. The summed E-state index contributed by atoms with van der Waals surface area (Å²) in [6.45, 7) is 2.04. The molecule has 2 unspecified atom stereocenters. The molecule has 2 atom stereocenters. The first-order valence-corrected chi connectivity index (χ1v) is 7.49. The van der Waals surface area contributed by atoms with Crippen LogP contribution in [-0.2, 0) is 4.79 Å². The molecule has 0 bridgehead atoms. The number of nitrogens with two attached hydrogens (primary N) is 1. The van der Waals surface area contributed by atoms with Crippen LogP contribution in [0.3, 0.4) is 0 Å². The zero-order valence-electron chi connectivity index (χ0n) is 10.7. The lowest BCUT2D eigenvalue weighted by atomic mass is 9.87. The predicted molar refractivity (Wildman–Crippen MR) is 78.9 cm³/mol. The molecule has 1 aromatic rings. The van der Waals surface area contributed by atoms with E-state index in [0.717, 1.165) is 42.5 Å². The Kier molecular flexibility index (Phi) is 3.27. The Hall–Kier alpha value is -1.07. The molecule has 0 saturated carbocycles. The number of amides is 1. The number of carbonyl (C=O) groups excluding carboxylic acids is 1.